The van der Waals surface area contributed by atoms with Crippen LogP contribution in [-0.4, -0.2) is 48.0 Å². The molecular weight excluding hydrogens is 388 g/mol. The standard InChI is InChI=1S/C24H28N6O/c1-29(2)22-16-19(27-24(28-22)21-6-3-4-13-26-21)12-14-25-17-18-8-10-20(11-9-18)30-15-5-7-23(30)31/h3-4,6,8-11,13,16,25H,5,7,12,14-15,17H2,1-2H3. The number of anilines is 2. The van der Waals surface area contributed by atoms with Gasteiger partial charge in [-0.2, -0.15) is 0 Å². The average Bonchev–Trinajstić information content (AvgIpc) is 3.23. The van der Waals surface area contributed by atoms with Gasteiger partial charge in [0.05, 0.1) is 0 Å². The molecule has 3 heterocycles. The summed E-state index contributed by atoms with van der Waals surface area (Å²) < 4.78 is 0. The van der Waals surface area contributed by atoms with Gasteiger partial charge in [-0.25, -0.2) is 9.97 Å². The normalized spacial score (nSPS) is 13.6. The van der Waals surface area contributed by atoms with E-state index in [1.54, 1.807) is 6.20 Å². The molecule has 0 saturated carbocycles. The van der Waals surface area contributed by atoms with Crippen LogP contribution in [0.3, 0.4) is 0 Å². The number of nitrogens with one attached hydrogen (secondary N) is 1. The fraction of sp³-hybridized carbons (Fsp3) is 0.333. The van der Waals surface area contributed by atoms with E-state index in [1.165, 1.54) is 5.56 Å². The van der Waals surface area contributed by atoms with E-state index in [-0.39, 0.29) is 5.91 Å². The molecular formula is C24H28N6O. The molecule has 31 heavy (non-hydrogen) atoms. The first-order valence-corrected chi connectivity index (χ1v) is 10.7. The molecule has 0 atom stereocenters. The number of rotatable bonds is 8. The van der Waals surface area contributed by atoms with E-state index >= 15 is 0 Å². The number of benzene rings is 1. The summed E-state index contributed by atoms with van der Waals surface area (Å²) in [7, 11) is 3.96. The zero-order valence-electron chi connectivity index (χ0n) is 18.1. The Morgan fingerprint density at radius 2 is 1.94 bits per heavy atom. The molecule has 1 aliphatic heterocycles. The van der Waals surface area contributed by atoms with Gasteiger partial charge >= 0.3 is 0 Å². The second-order valence-electron chi connectivity index (χ2n) is 7.89. The molecule has 7 nitrogen and oxygen atoms in total. The second kappa shape index (κ2) is 9.66. The van der Waals surface area contributed by atoms with Crippen molar-refractivity contribution in [2.24, 2.45) is 0 Å². The Bertz CT molecular complexity index is 1020. The van der Waals surface area contributed by atoms with Gasteiger partial charge < -0.3 is 15.1 Å². The van der Waals surface area contributed by atoms with Gasteiger partial charge in [-0.3, -0.25) is 9.78 Å². The molecule has 1 saturated heterocycles. The van der Waals surface area contributed by atoms with Crippen molar-refractivity contribution in [3.8, 4) is 11.5 Å². The third-order valence-corrected chi connectivity index (χ3v) is 5.33. The lowest BCUT2D eigenvalue weighted by Gasteiger charge is -2.16. The molecule has 2 aromatic heterocycles. The molecule has 0 unspecified atom stereocenters. The first-order chi connectivity index (χ1) is 15.1. The number of pyridine rings is 1. The minimum atomic E-state index is 0.220. The summed E-state index contributed by atoms with van der Waals surface area (Å²) >= 11 is 0. The summed E-state index contributed by atoms with van der Waals surface area (Å²) in [4.78, 5) is 29.5. The highest BCUT2D eigenvalue weighted by molar-refractivity contribution is 5.95. The highest BCUT2D eigenvalue weighted by atomic mass is 16.2. The monoisotopic (exact) mass is 416 g/mol. The highest BCUT2D eigenvalue weighted by Crippen LogP contribution is 2.21. The zero-order chi connectivity index (χ0) is 21.6. The van der Waals surface area contributed by atoms with Gasteiger partial charge in [0.25, 0.3) is 0 Å². The molecule has 4 rings (SSSR count). The number of carbonyl (C=O) groups is 1. The van der Waals surface area contributed by atoms with E-state index in [1.807, 2.05) is 60.3 Å². The third-order valence-electron chi connectivity index (χ3n) is 5.33. The van der Waals surface area contributed by atoms with Crippen LogP contribution in [0.25, 0.3) is 11.5 Å². The summed E-state index contributed by atoms with van der Waals surface area (Å²) in [6.45, 7) is 2.40. The van der Waals surface area contributed by atoms with Crippen LogP contribution < -0.4 is 15.1 Å². The van der Waals surface area contributed by atoms with Gasteiger partial charge in [-0.15, -0.1) is 0 Å². The van der Waals surface area contributed by atoms with Gasteiger partial charge in [0.1, 0.15) is 11.5 Å². The maximum absolute atomic E-state index is 11.9. The molecule has 3 aromatic rings. The fourth-order valence-electron chi connectivity index (χ4n) is 3.61. The van der Waals surface area contributed by atoms with Gasteiger partial charge in [0.2, 0.25) is 5.91 Å². The largest absolute Gasteiger partial charge is 0.363 e. The predicted molar refractivity (Wildman–Crippen MR) is 123 cm³/mol. The molecule has 160 valence electrons. The molecule has 1 fully saturated rings. The molecule has 1 aliphatic rings. The van der Waals surface area contributed by atoms with Crippen molar-refractivity contribution in [3.63, 3.8) is 0 Å². The predicted octanol–water partition coefficient (Wildman–Crippen LogP) is 3.06. The maximum atomic E-state index is 11.9. The Hall–Kier alpha value is -3.32. The molecule has 7 heteroatoms. The lowest BCUT2D eigenvalue weighted by molar-refractivity contribution is -0.117. The van der Waals surface area contributed by atoms with Crippen LogP contribution in [0.15, 0.2) is 54.7 Å². The smallest absolute Gasteiger partial charge is 0.227 e. The van der Waals surface area contributed by atoms with Crippen molar-refractivity contribution in [1.82, 2.24) is 20.3 Å². The first-order valence-electron chi connectivity index (χ1n) is 10.7. The SMILES string of the molecule is CN(C)c1cc(CCNCc2ccc(N3CCCC3=O)cc2)nc(-c2ccccn2)n1. The van der Waals surface area contributed by atoms with Crippen LogP contribution in [0.5, 0.6) is 0 Å². The van der Waals surface area contributed by atoms with Crippen molar-refractivity contribution in [3.05, 3.63) is 66.0 Å². The third kappa shape index (κ3) is 5.24. The Balaban J connectivity index is 1.35. The summed E-state index contributed by atoms with van der Waals surface area (Å²) in [6, 6.07) is 16.0. The average molecular weight is 417 g/mol. The van der Waals surface area contributed by atoms with E-state index in [2.05, 4.69) is 27.4 Å². The van der Waals surface area contributed by atoms with E-state index in [0.29, 0.717) is 12.2 Å². The number of nitrogens with zero attached hydrogens (tertiary/aromatic N) is 5. The van der Waals surface area contributed by atoms with Crippen LogP contribution in [0.2, 0.25) is 0 Å². The topological polar surface area (TPSA) is 74.2 Å². The molecule has 0 aliphatic carbocycles. The van der Waals surface area contributed by atoms with Crippen molar-refractivity contribution in [2.75, 3.05) is 37.0 Å². The summed E-state index contributed by atoms with van der Waals surface area (Å²) in [5.74, 6) is 1.74. The van der Waals surface area contributed by atoms with Crippen molar-refractivity contribution in [2.45, 2.75) is 25.8 Å². The Morgan fingerprint density at radius 1 is 1.10 bits per heavy atom. The summed E-state index contributed by atoms with van der Waals surface area (Å²) in [5, 5.41) is 3.49. The number of amides is 1. The minimum Gasteiger partial charge on any atom is -0.363 e. The first kappa shape index (κ1) is 20.9. The lowest BCUT2D eigenvalue weighted by atomic mass is 10.2. The Morgan fingerprint density at radius 3 is 2.61 bits per heavy atom. The van der Waals surface area contributed by atoms with E-state index in [0.717, 1.165) is 55.4 Å². The maximum Gasteiger partial charge on any atom is 0.227 e. The molecule has 0 bridgehead atoms. The molecule has 0 spiro atoms. The van der Waals surface area contributed by atoms with Crippen LogP contribution >= 0.6 is 0 Å². The Kier molecular flexibility index (Phi) is 6.52. The van der Waals surface area contributed by atoms with Crippen molar-refractivity contribution in [1.29, 1.82) is 0 Å². The lowest BCUT2D eigenvalue weighted by Crippen LogP contribution is -2.23. The van der Waals surface area contributed by atoms with Crippen LogP contribution in [0.1, 0.15) is 24.1 Å². The van der Waals surface area contributed by atoms with Crippen LogP contribution in [0.4, 0.5) is 11.5 Å². The second-order valence-corrected chi connectivity index (χ2v) is 7.89. The number of carbonyl (C=O) groups excluding carboxylic acids is 1. The van der Waals surface area contributed by atoms with E-state index < -0.39 is 0 Å². The van der Waals surface area contributed by atoms with Gasteiger partial charge in [-0.05, 0) is 36.2 Å². The van der Waals surface area contributed by atoms with Crippen LogP contribution in [0, 0.1) is 0 Å². The molecule has 0 radical (unpaired) electrons. The molecule has 1 N–H and O–H groups in total. The van der Waals surface area contributed by atoms with E-state index in [9.17, 15) is 4.79 Å². The summed E-state index contributed by atoms with van der Waals surface area (Å²) in [6.07, 6.45) is 4.16. The van der Waals surface area contributed by atoms with Gasteiger partial charge in [-0.1, -0.05) is 18.2 Å². The van der Waals surface area contributed by atoms with Crippen molar-refractivity contribution < 1.29 is 4.79 Å². The highest BCUT2D eigenvalue weighted by Gasteiger charge is 2.21. The molecule has 1 aromatic carbocycles. The zero-order valence-corrected chi connectivity index (χ0v) is 18.1. The van der Waals surface area contributed by atoms with Crippen LogP contribution in [-0.2, 0) is 17.8 Å². The molecule has 1 amide bonds. The number of aromatic nitrogens is 3. The van der Waals surface area contributed by atoms with Crippen molar-refractivity contribution >= 4 is 17.4 Å². The summed E-state index contributed by atoms with van der Waals surface area (Å²) in [5.41, 5.74) is 3.94. The fourth-order valence-corrected chi connectivity index (χ4v) is 3.61. The van der Waals surface area contributed by atoms with Gasteiger partial charge in [0.15, 0.2) is 5.82 Å². The quantitative estimate of drug-likeness (QED) is 0.569. The Labute approximate surface area is 183 Å². The number of hydrogen-bond donors (Lipinski definition) is 1. The van der Waals surface area contributed by atoms with Gasteiger partial charge in [0, 0.05) is 70.2 Å². The number of hydrogen-bond acceptors (Lipinski definition) is 6. The van der Waals surface area contributed by atoms with E-state index in [4.69, 9.17) is 4.98 Å². The minimum absolute atomic E-state index is 0.220.